The van der Waals surface area contributed by atoms with Crippen molar-refractivity contribution in [3.05, 3.63) is 28.5 Å². The van der Waals surface area contributed by atoms with Crippen molar-refractivity contribution in [3.8, 4) is 0 Å². The van der Waals surface area contributed by atoms with Gasteiger partial charge in [0.15, 0.2) is 0 Å². The van der Waals surface area contributed by atoms with E-state index in [1.165, 1.54) is 4.88 Å². The number of nitrogens with zero attached hydrogens (tertiary/aromatic N) is 3. The summed E-state index contributed by atoms with van der Waals surface area (Å²) >= 11 is 1.64. The van der Waals surface area contributed by atoms with E-state index in [0.717, 1.165) is 36.7 Å². The van der Waals surface area contributed by atoms with E-state index >= 15 is 0 Å². The van der Waals surface area contributed by atoms with Gasteiger partial charge in [0.2, 0.25) is 0 Å². The second kappa shape index (κ2) is 7.19. The topological polar surface area (TPSA) is 62.7 Å². The molecule has 108 valence electrons. The van der Waals surface area contributed by atoms with Crippen LogP contribution in [-0.4, -0.2) is 21.5 Å². The summed E-state index contributed by atoms with van der Waals surface area (Å²) in [7, 11) is 0. The van der Waals surface area contributed by atoms with E-state index in [0.29, 0.717) is 5.92 Å². The Morgan fingerprint density at radius 3 is 2.55 bits per heavy atom. The minimum Gasteiger partial charge on any atom is -0.370 e. The Kier molecular flexibility index (Phi) is 5.29. The maximum atomic E-state index is 4.39. The first-order chi connectivity index (χ1) is 9.72. The average Bonchev–Trinajstić information content (AvgIpc) is 2.95. The summed E-state index contributed by atoms with van der Waals surface area (Å²) in [6.45, 7) is 8.13. The van der Waals surface area contributed by atoms with Gasteiger partial charge in [0.25, 0.3) is 0 Å². The third kappa shape index (κ3) is 3.66. The van der Waals surface area contributed by atoms with E-state index in [2.05, 4.69) is 46.4 Å². The van der Waals surface area contributed by atoms with Crippen molar-refractivity contribution in [2.75, 3.05) is 17.2 Å². The zero-order chi connectivity index (χ0) is 14.4. The monoisotopic (exact) mass is 291 g/mol. The molecule has 0 aliphatic heterocycles. The van der Waals surface area contributed by atoms with Crippen LogP contribution in [0.1, 0.15) is 43.6 Å². The fourth-order valence-electron chi connectivity index (χ4n) is 1.97. The SMILES string of the molecule is CCCNc1ncnc(NCc2cncs2)c1C(C)C. The van der Waals surface area contributed by atoms with Gasteiger partial charge in [-0.15, -0.1) is 11.3 Å². The lowest BCUT2D eigenvalue weighted by Gasteiger charge is -2.17. The van der Waals surface area contributed by atoms with Crippen molar-refractivity contribution in [1.29, 1.82) is 0 Å². The van der Waals surface area contributed by atoms with Crippen LogP contribution in [0.25, 0.3) is 0 Å². The first-order valence-electron chi connectivity index (χ1n) is 6.92. The molecule has 0 aliphatic carbocycles. The van der Waals surface area contributed by atoms with Gasteiger partial charge in [-0.05, 0) is 12.3 Å². The second-order valence-electron chi connectivity index (χ2n) is 4.89. The van der Waals surface area contributed by atoms with Gasteiger partial charge in [-0.25, -0.2) is 9.97 Å². The first kappa shape index (κ1) is 14.7. The van der Waals surface area contributed by atoms with Gasteiger partial charge in [0.05, 0.1) is 12.1 Å². The van der Waals surface area contributed by atoms with Crippen LogP contribution in [0.4, 0.5) is 11.6 Å². The van der Waals surface area contributed by atoms with Gasteiger partial charge >= 0.3 is 0 Å². The number of nitrogens with one attached hydrogen (secondary N) is 2. The largest absolute Gasteiger partial charge is 0.370 e. The Balaban J connectivity index is 2.17. The van der Waals surface area contributed by atoms with Crippen LogP contribution in [0.2, 0.25) is 0 Å². The zero-order valence-electron chi connectivity index (χ0n) is 12.2. The first-order valence-corrected chi connectivity index (χ1v) is 7.80. The number of rotatable bonds is 7. The summed E-state index contributed by atoms with van der Waals surface area (Å²) in [5, 5.41) is 6.77. The highest BCUT2D eigenvalue weighted by Crippen LogP contribution is 2.28. The lowest BCUT2D eigenvalue weighted by molar-refractivity contribution is 0.839. The molecule has 0 bridgehead atoms. The fourth-order valence-corrected chi connectivity index (χ4v) is 2.50. The maximum Gasteiger partial charge on any atom is 0.135 e. The van der Waals surface area contributed by atoms with E-state index in [1.54, 1.807) is 17.7 Å². The Bertz CT molecular complexity index is 524. The molecule has 0 aromatic carbocycles. The van der Waals surface area contributed by atoms with Crippen molar-refractivity contribution < 1.29 is 0 Å². The highest BCUT2D eigenvalue weighted by Gasteiger charge is 2.14. The lowest BCUT2D eigenvalue weighted by Crippen LogP contribution is -2.11. The van der Waals surface area contributed by atoms with Gasteiger partial charge in [-0.3, -0.25) is 4.98 Å². The van der Waals surface area contributed by atoms with Crippen LogP contribution in [0.5, 0.6) is 0 Å². The van der Waals surface area contributed by atoms with Crippen LogP contribution in [0.3, 0.4) is 0 Å². The third-order valence-corrected chi connectivity index (χ3v) is 3.70. The molecule has 0 atom stereocenters. The van der Waals surface area contributed by atoms with Crippen LogP contribution in [0, 0.1) is 0 Å². The predicted molar refractivity (Wildman–Crippen MR) is 84.3 cm³/mol. The standard InChI is InChI=1S/C14H21N5S/c1-4-5-16-13-12(10(2)3)14(19-8-18-13)17-7-11-6-15-9-20-11/h6,8-10H,4-5,7H2,1-3H3,(H2,16,17,18,19). The molecule has 0 fully saturated rings. The third-order valence-electron chi connectivity index (χ3n) is 2.92. The molecule has 2 rings (SSSR count). The number of anilines is 2. The van der Waals surface area contributed by atoms with Crippen molar-refractivity contribution in [1.82, 2.24) is 15.0 Å². The van der Waals surface area contributed by atoms with E-state index in [4.69, 9.17) is 0 Å². The van der Waals surface area contributed by atoms with Crippen molar-refractivity contribution in [2.45, 2.75) is 39.7 Å². The highest BCUT2D eigenvalue weighted by atomic mass is 32.1. The summed E-state index contributed by atoms with van der Waals surface area (Å²) < 4.78 is 0. The molecule has 2 aromatic heterocycles. The molecular formula is C14H21N5S. The van der Waals surface area contributed by atoms with Gasteiger partial charge < -0.3 is 10.6 Å². The van der Waals surface area contributed by atoms with E-state index in [1.807, 2.05) is 11.7 Å². The van der Waals surface area contributed by atoms with Crippen molar-refractivity contribution in [2.24, 2.45) is 0 Å². The summed E-state index contributed by atoms with van der Waals surface area (Å²) in [5.74, 6) is 2.20. The number of hydrogen-bond acceptors (Lipinski definition) is 6. The zero-order valence-corrected chi connectivity index (χ0v) is 13.0. The van der Waals surface area contributed by atoms with E-state index < -0.39 is 0 Å². The molecular weight excluding hydrogens is 270 g/mol. The number of aromatic nitrogens is 3. The molecule has 2 N–H and O–H groups in total. The molecule has 6 heteroatoms. The van der Waals surface area contributed by atoms with Crippen molar-refractivity contribution in [3.63, 3.8) is 0 Å². The van der Waals surface area contributed by atoms with Gasteiger partial charge in [-0.1, -0.05) is 20.8 Å². The summed E-state index contributed by atoms with van der Waals surface area (Å²) in [6.07, 6.45) is 4.56. The molecule has 0 saturated heterocycles. The molecule has 0 aliphatic rings. The number of hydrogen-bond donors (Lipinski definition) is 2. The Morgan fingerprint density at radius 2 is 1.95 bits per heavy atom. The Labute approximate surface area is 123 Å². The maximum absolute atomic E-state index is 4.39. The molecule has 0 unspecified atom stereocenters. The van der Waals surface area contributed by atoms with Gasteiger partial charge in [0, 0.05) is 23.2 Å². The minimum atomic E-state index is 0.361. The molecule has 5 nitrogen and oxygen atoms in total. The minimum absolute atomic E-state index is 0.361. The van der Waals surface area contributed by atoms with E-state index in [-0.39, 0.29) is 0 Å². The smallest absolute Gasteiger partial charge is 0.135 e. The highest BCUT2D eigenvalue weighted by molar-refractivity contribution is 7.09. The van der Waals surface area contributed by atoms with E-state index in [9.17, 15) is 0 Å². The molecule has 0 spiro atoms. The summed E-state index contributed by atoms with van der Waals surface area (Å²) in [4.78, 5) is 14.0. The molecule has 2 heterocycles. The number of thiazole rings is 1. The Morgan fingerprint density at radius 1 is 1.20 bits per heavy atom. The lowest BCUT2D eigenvalue weighted by atomic mass is 10.0. The average molecular weight is 291 g/mol. The fraction of sp³-hybridized carbons (Fsp3) is 0.500. The second-order valence-corrected chi connectivity index (χ2v) is 5.86. The molecule has 0 saturated carbocycles. The molecule has 0 amide bonds. The quantitative estimate of drug-likeness (QED) is 0.817. The van der Waals surface area contributed by atoms with Gasteiger partial charge in [-0.2, -0.15) is 0 Å². The molecule has 20 heavy (non-hydrogen) atoms. The van der Waals surface area contributed by atoms with Crippen LogP contribution in [0.15, 0.2) is 18.0 Å². The van der Waals surface area contributed by atoms with Crippen molar-refractivity contribution >= 4 is 23.0 Å². The normalized spacial score (nSPS) is 10.8. The summed E-state index contributed by atoms with van der Waals surface area (Å²) in [6, 6.07) is 0. The molecule has 0 radical (unpaired) electrons. The van der Waals surface area contributed by atoms with Crippen LogP contribution >= 0.6 is 11.3 Å². The summed E-state index contributed by atoms with van der Waals surface area (Å²) in [5.41, 5.74) is 2.99. The van der Waals surface area contributed by atoms with Gasteiger partial charge in [0.1, 0.15) is 18.0 Å². The van der Waals surface area contributed by atoms with Crippen LogP contribution in [-0.2, 0) is 6.54 Å². The molecule has 2 aromatic rings. The van der Waals surface area contributed by atoms with Crippen LogP contribution < -0.4 is 10.6 Å². The predicted octanol–water partition coefficient (Wildman–Crippen LogP) is 3.49. The Hall–Kier alpha value is -1.69.